The third-order valence-corrected chi connectivity index (χ3v) is 2.69. The number of nitriles is 1. The Morgan fingerprint density at radius 3 is 2.55 bits per heavy atom. The Morgan fingerprint density at radius 1 is 1.25 bits per heavy atom. The highest BCUT2D eigenvalue weighted by Crippen LogP contribution is 2.06. The van der Waals surface area contributed by atoms with E-state index in [9.17, 15) is 4.79 Å². The molecule has 0 radical (unpaired) electrons. The number of carbonyl (C=O) groups is 1. The number of aromatic nitrogens is 2. The van der Waals surface area contributed by atoms with Crippen molar-refractivity contribution in [1.82, 2.24) is 9.97 Å². The fourth-order valence-corrected chi connectivity index (χ4v) is 1.63. The van der Waals surface area contributed by atoms with Crippen LogP contribution in [0.25, 0.3) is 0 Å². The molecule has 0 unspecified atom stereocenters. The predicted octanol–water partition coefficient (Wildman–Crippen LogP) is 1.70. The predicted molar refractivity (Wildman–Crippen MR) is 72.3 cm³/mol. The number of hydrogen-bond acceptors (Lipinski definition) is 5. The average molecular weight is 268 g/mol. The molecule has 0 aliphatic carbocycles. The molecule has 6 nitrogen and oxygen atoms in total. The fourth-order valence-electron chi connectivity index (χ4n) is 1.63. The molecule has 0 aliphatic rings. The highest BCUT2D eigenvalue weighted by molar-refractivity contribution is 5.87. The van der Waals surface area contributed by atoms with Gasteiger partial charge in [0.05, 0.1) is 18.0 Å². The van der Waals surface area contributed by atoms with E-state index in [4.69, 9.17) is 10.4 Å². The van der Waals surface area contributed by atoms with Crippen LogP contribution in [0.5, 0.6) is 0 Å². The smallest absolute Gasteiger partial charge is 0.335 e. The molecule has 6 heteroatoms. The lowest BCUT2D eigenvalue weighted by Crippen LogP contribution is -2.07. The number of anilines is 1. The normalized spacial score (nSPS) is 9.75. The first-order chi connectivity index (χ1) is 9.69. The Kier molecular flexibility index (Phi) is 4.24. The average Bonchev–Trinajstić information content (AvgIpc) is 2.48. The molecule has 2 N–H and O–H groups in total. The lowest BCUT2D eigenvalue weighted by molar-refractivity contribution is 0.0697. The second-order valence-electron chi connectivity index (χ2n) is 4.08. The Bertz CT molecular complexity index is 630. The number of nitrogens with zero attached hydrogens (tertiary/aromatic N) is 3. The molecule has 0 aliphatic heterocycles. The van der Waals surface area contributed by atoms with E-state index in [1.165, 1.54) is 12.4 Å². The van der Waals surface area contributed by atoms with Gasteiger partial charge in [-0.2, -0.15) is 5.26 Å². The summed E-state index contributed by atoms with van der Waals surface area (Å²) in [6.07, 6.45) is 3.65. The van der Waals surface area contributed by atoms with Gasteiger partial charge in [0.2, 0.25) is 0 Å². The van der Waals surface area contributed by atoms with Gasteiger partial charge in [0.25, 0.3) is 0 Å². The fraction of sp³-hybridized carbons (Fsp3) is 0.143. The second kappa shape index (κ2) is 6.29. The largest absolute Gasteiger partial charge is 0.478 e. The summed E-state index contributed by atoms with van der Waals surface area (Å²) in [6, 6.07) is 8.64. The molecular formula is C14H12N4O2. The van der Waals surface area contributed by atoms with Gasteiger partial charge in [-0.3, -0.25) is 0 Å². The Morgan fingerprint density at radius 2 is 2.00 bits per heavy atom. The summed E-state index contributed by atoms with van der Waals surface area (Å²) in [5.41, 5.74) is 1.59. The molecular weight excluding hydrogens is 256 g/mol. The quantitative estimate of drug-likeness (QED) is 0.856. The highest BCUT2D eigenvalue weighted by Gasteiger charge is 2.02. The zero-order chi connectivity index (χ0) is 14.4. The minimum atomic E-state index is -0.928. The van der Waals surface area contributed by atoms with Crippen LogP contribution in [0, 0.1) is 11.3 Å². The molecule has 100 valence electrons. The molecule has 0 spiro atoms. The number of aromatic carboxylic acids is 1. The van der Waals surface area contributed by atoms with Crippen LogP contribution in [0.1, 0.15) is 21.6 Å². The summed E-state index contributed by atoms with van der Waals surface area (Å²) in [4.78, 5) is 18.7. The lowest BCUT2D eigenvalue weighted by Gasteiger charge is -2.05. The number of carboxylic acids is 1. The van der Waals surface area contributed by atoms with Gasteiger partial charge in [-0.15, -0.1) is 0 Å². The third-order valence-electron chi connectivity index (χ3n) is 2.69. The minimum absolute atomic E-state index is 0.277. The van der Waals surface area contributed by atoms with Crippen molar-refractivity contribution in [3.8, 4) is 6.07 Å². The van der Waals surface area contributed by atoms with Gasteiger partial charge >= 0.3 is 5.97 Å². The van der Waals surface area contributed by atoms with E-state index < -0.39 is 5.97 Å². The number of carboxylic acid groups (broad SMARTS) is 1. The van der Waals surface area contributed by atoms with E-state index in [0.717, 1.165) is 12.0 Å². The van der Waals surface area contributed by atoms with Crippen LogP contribution in [-0.2, 0) is 6.42 Å². The van der Waals surface area contributed by atoms with Crippen LogP contribution in [0.15, 0.2) is 36.7 Å². The van der Waals surface area contributed by atoms with Crippen molar-refractivity contribution in [3.63, 3.8) is 0 Å². The van der Waals surface area contributed by atoms with E-state index in [-0.39, 0.29) is 11.3 Å². The Hall–Kier alpha value is -2.94. The molecule has 0 saturated carbocycles. The molecule has 1 aromatic heterocycles. The maximum Gasteiger partial charge on any atom is 0.335 e. The van der Waals surface area contributed by atoms with Crippen LogP contribution < -0.4 is 5.32 Å². The van der Waals surface area contributed by atoms with Crippen molar-refractivity contribution in [2.24, 2.45) is 0 Å². The van der Waals surface area contributed by atoms with Crippen LogP contribution >= 0.6 is 0 Å². The summed E-state index contributed by atoms with van der Waals surface area (Å²) >= 11 is 0. The van der Waals surface area contributed by atoms with Crippen molar-refractivity contribution < 1.29 is 9.90 Å². The van der Waals surface area contributed by atoms with Crippen molar-refractivity contribution in [1.29, 1.82) is 5.26 Å². The summed E-state index contributed by atoms with van der Waals surface area (Å²) < 4.78 is 0. The molecule has 0 bridgehead atoms. The molecule has 0 fully saturated rings. The van der Waals surface area contributed by atoms with Crippen LogP contribution in [-0.4, -0.2) is 27.6 Å². The van der Waals surface area contributed by atoms with Crippen LogP contribution in [0.4, 0.5) is 5.82 Å². The topological polar surface area (TPSA) is 98.9 Å². The summed E-state index contributed by atoms with van der Waals surface area (Å²) in [5.74, 6) is -0.325. The van der Waals surface area contributed by atoms with Crippen molar-refractivity contribution >= 4 is 11.8 Å². The van der Waals surface area contributed by atoms with E-state index in [1.807, 2.05) is 6.07 Å². The number of rotatable bonds is 5. The first-order valence-electron chi connectivity index (χ1n) is 5.97. The summed E-state index contributed by atoms with van der Waals surface area (Å²) in [5, 5.41) is 20.5. The Balaban J connectivity index is 1.86. The van der Waals surface area contributed by atoms with Gasteiger partial charge < -0.3 is 10.4 Å². The van der Waals surface area contributed by atoms with Gasteiger partial charge in [0, 0.05) is 6.54 Å². The summed E-state index contributed by atoms with van der Waals surface area (Å²) in [7, 11) is 0. The number of nitrogens with one attached hydrogen (secondary N) is 1. The summed E-state index contributed by atoms with van der Waals surface area (Å²) in [6.45, 7) is 0.646. The second-order valence-corrected chi connectivity index (χ2v) is 4.08. The monoisotopic (exact) mass is 268 g/mol. The SMILES string of the molecule is N#Cc1cnc(NCCc2ccc(C(=O)O)cc2)cn1. The highest BCUT2D eigenvalue weighted by atomic mass is 16.4. The maximum absolute atomic E-state index is 10.7. The van der Waals surface area contributed by atoms with Crippen molar-refractivity contribution in [3.05, 3.63) is 53.5 Å². The van der Waals surface area contributed by atoms with E-state index >= 15 is 0 Å². The Labute approximate surface area is 115 Å². The molecule has 1 aromatic carbocycles. The van der Waals surface area contributed by atoms with Gasteiger partial charge in [-0.05, 0) is 24.1 Å². The molecule has 20 heavy (non-hydrogen) atoms. The number of benzene rings is 1. The first kappa shape index (κ1) is 13.5. The maximum atomic E-state index is 10.7. The molecule has 1 heterocycles. The molecule has 2 rings (SSSR count). The van der Waals surface area contributed by atoms with Crippen LogP contribution in [0.2, 0.25) is 0 Å². The molecule has 0 amide bonds. The van der Waals surface area contributed by atoms with Gasteiger partial charge in [0.15, 0.2) is 5.69 Å². The van der Waals surface area contributed by atoms with E-state index in [1.54, 1.807) is 24.3 Å². The first-order valence-corrected chi connectivity index (χ1v) is 5.97. The van der Waals surface area contributed by atoms with Crippen LogP contribution in [0.3, 0.4) is 0 Å². The van der Waals surface area contributed by atoms with Gasteiger partial charge in [-0.1, -0.05) is 12.1 Å². The number of hydrogen-bond donors (Lipinski definition) is 2. The molecule has 2 aromatic rings. The zero-order valence-corrected chi connectivity index (χ0v) is 10.6. The zero-order valence-electron chi connectivity index (χ0n) is 10.6. The van der Waals surface area contributed by atoms with Gasteiger partial charge in [0.1, 0.15) is 11.9 Å². The molecule has 0 saturated heterocycles. The third kappa shape index (κ3) is 3.53. The lowest BCUT2D eigenvalue weighted by atomic mass is 10.1. The van der Waals surface area contributed by atoms with E-state index in [2.05, 4.69) is 15.3 Å². The van der Waals surface area contributed by atoms with E-state index in [0.29, 0.717) is 12.4 Å². The van der Waals surface area contributed by atoms with Crippen molar-refractivity contribution in [2.45, 2.75) is 6.42 Å². The van der Waals surface area contributed by atoms with Crippen molar-refractivity contribution in [2.75, 3.05) is 11.9 Å². The minimum Gasteiger partial charge on any atom is -0.478 e. The standard InChI is InChI=1S/C14H12N4O2/c15-7-12-8-18-13(9-17-12)16-6-5-10-1-3-11(4-2-10)14(19)20/h1-4,8-9H,5-6H2,(H,16,18)(H,19,20). The van der Waals surface area contributed by atoms with Gasteiger partial charge in [-0.25, -0.2) is 14.8 Å². The molecule has 0 atom stereocenters.